The zero-order chi connectivity index (χ0) is 18.4. The third kappa shape index (κ3) is 5.85. The zero-order valence-corrected chi connectivity index (χ0v) is 16.0. The third-order valence-corrected chi connectivity index (χ3v) is 4.69. The Morgan fingerprint density at radius 2 is 1.72 bits per heavy atom. The molecule has 1 aliphatic rings. The van der Waals surface area contributed by atoms with Crippen molar-refractivity contribution in [2.45, 2.75) is 40.7 Å². The number of carbonyl (C=O) groups excluding carboxylic acids is 2. The van der Waals surface area contributed by atoms with Crippen LogP contribution >= 0.6 is 0 Å². The van der Waals surface area contributed by atoms with Crippen molar-refractivity contribution in [1.82, 2.24) is 15.1 Å². The van der Waals surface area contributed by atoms with Crippen LogP contribution in [-0.2, 0) is 16.1 Å². The first kappa shape index (κ1) is 19.4. The van der Waals surface area contributed by atoms with Gasteiger partial charge in [-0.3, -0.25) is 14.5 Å². The van der Waals surface area contributed by atoms with E-state index in [9.17, 15) is 9.59 Å². The molecule has 0 aliphatic carbocycles. The van der Waals surface area contributed by atoms with Crippen molar-refractivity contribution in [2.24, 2.45) is 5.41 Å². The molecule has 2 amide bonds. The normalized spacial score (nSPS) is 15.9. The maximum absolute atomic E-state index is 12.3. The standard InChI is InChI=1S/C20H31N3O2/c1-16-7-5-6-8-17(16)15-22-11-13-23(14-12-22)18(24)9-10-21-19(25)20(2,3)4/h5-8H,9-15H2,1-4H3,(H,21,25). The highest BCUT2D eigenvalue weighted by atomic mass is 16.2. The molecule has 1 aromatic rings. The van der Waals surface area contributed by atoms with Crippen LogP contribution in [0.25, 0.3) is 0 Å². The molecule has 2 rings (SSSR count). The second-order valence-corrected chi connectivity index (χ2v) is 7.84. The smallest absolute Gasteiger partial charge is 0.225 e. The van der Waals surface area contributed by atoms with Crippen LogP contribution < -0.4 is 5.32 Å². The van der Waals surface area contributed by atoms with Gasteiger partial charge in [0.15, 0.2) is 0 Å². The second kappa shape index (κ2) is 8.48. The maximum Gasteiger partial charge on any atom is 0.225 e. The van der Waals surface area contributed by atoms with Gasteiger partial charge in [0.05, 0.1) is 0 Å². The minimum atomic E-state index is -0.412. The summed E-state index contributed by atoms with van der Waals surface area (Å²) in [5.74, 6) is 0.119. The quantitative estimate of drug-likeness (QED) is 0.890. The van der Waals surface area contributed by atoms with E-state index in [1.165, 1.54) is 11.1 Å². The molecule has 0 spiro atoms. The lowest BCUT2D eigenvalue weighted by atomic mass is 9.96. The van der Waals surface area contributed by atoms with Crippen LogP contribution in [0, 0.1) is 12.3 Å². The summed E-state index contributed by atoms with van der Waals surface area (Å²) in [6.45, 7) is 12.4. The van der Waals surface area contributed by atoms with E-state index in [1.54, 1.807) is 0 Å². The Balaban J connectivity index is 1.71. The van der Waals surface area contributed by atoms with E-state index in [0.29, 0.717) is 13.0 Å². The number of hydrogen-bond donors (Lipinski definition) is 1. The van der Waals surface area contributed by atoms with Gasteiger partial charge in [-0.05, 0) is 18.1 Å². The van der Waals surface area contributed by atoms with Gasteiger partial charge in [-0.15, -0.1) is 0 Å². The molecule has 138 valence electrons. The molecule has 0 bridgehead atoms. The van der Waals surface area contributed by atoms with Gasteiger partial charge in [-0.1, -0.05) is 45.0 Å². The van der Waals surface area contributed by atoms with Crippen LogP contribution in [0.1, 0.15) is 38.3 Å². The number of aryl methyl sites for hydroxylation is 1. The number of amides is 2. The molecular formula is C20H31N3O2. The SMILES string of the molecule is Cc1ccccc1CN1CCN(C(=O)CCNC(=O)C(C)(C)C)CC1. The minimum absolute atomic E-state index is 0.0108. The molecule has 1 aromatic carbocycles. The van der Waals surface area contributed by atoms with Gasteiger partial charge < -0.3 is 10.2 Å². The predicted octanol–water partition coefficient (Wildman–Crippen LogP) is 2.19. The summed E-state index contributed by atoms with van der Waals surface area (Å²) < 4.78 is 0. The molecule has 5 heteroatoms. The van der Waals surface area contributed by atoms with E-state index in [2.05, 4.69) is 41.4 Å². The average molecular weight is 345 g/mol. The lowest BCUT2D eigenvalue weighted by Crippen LogP contribution is -2.49. The fourth-order valence-corrected chi connectivity index (χ4v) is 2.89. The van der Waals surface area contributed by atoms with Crippen LogP contribution in [0.4, 0.5) is 0 Å². The van der Waals surface area contributed by atoms with Gasteiger partial charge in [-0.2, -0.15) is 0 Å². The molecule has 0 atom stereocenters. The number of benzene rings is 1. The van der Waals surface area contributed by atoms with Crippen LogP contribution in [0.3, 0.4) is 0 Å². The first-order valence-electron chi connectivity index (χ1n) is 9.10. The molecule has 25 heavy (non-hydrogen) atoms. The highest BCUT2D eigenvalue weighted by Crippen LogP contribution is 2.14. The largest absolute Gasteiger partial charge is 0.355 e. The van der Waals surface area contributed by atoms with Gasteiger partial charge in [0.1, 0.15) is 0 Å². The van der Waals surface area contributed by atoms with Gasteiger partial charge in [0, 0.05) is 51.1 Å². The summed E-state index contributed by atoms with van der Waals surface area (Å²) in [6, 6.07) is 8.45. The van der Waals surface area contributed by atoms with Gasteiger partial charge >= 0.3 is 0 Å². The first-order valence-corrected chi connectivity index (χ1v) is 9.10. The summed E-state index contributed by atoms with van der Waals surface area (Å²) in [7, 11) is 0. The molecule has 5 nitrogen and oxygen atoms in total. The van der Waals surface area contributed by atoms with Crippen molar-refractivity contribution in [3.8, 4) is 0 Å². The summed E-state index contributed by atoms with van der Waals surface area (Å²) in [4.78, 5) is 28.4. The average Bonchev–Trinajstić information content (AvgIpc) is 2.56. The number of nitrogens with one attached hydrogen (secondary N) is 1. The number of nitrogens with zero attached hydrogens (tertiary/aromatic N) is 2. The second-order valence-electron chi connectivity index (χ2n) is 7.84. The molecule has 1 heterocycles. The number of hydrogen-bond acceptors (Lipinski definition) is 3. The lowest BCUT2D eigenvalue weighted by molar-refractivity contribution is -0.133. The maximum atomic E-state index is 12.3. The van der Waals surface area contributed by atoms with Crippen LogP contribution in [0.5, 0.6) is 0 Å². The summed E-state index contributed by atoms with van der Waals surface area (Å²) >= 11 is 0. The van der Waals surface area contributed by atoms with Crippen molar-refractivity contribution in [2.75, 3.05) is 32.7 Å². The summed E-state index contributed by atoms with van der Waals surface area (Å²) in [5.41, 5.74) is 2.26. The monoisotopic (exact) mass is 345 g/mol. The third-order valence-electron chi connectivity index (χ3n) is 4.69. The molecule has 0 unspecified atom stereocenters. The summed E-state index contributed by atoms with van der Waals surface area (Å²) in [6.07, 6.45) is 0.375. The zero-order valence-electron chi connectivity index (χ0n) is 16.0. The highest BCUT2D eigenvalue weighted by Gasteiger charge is 2.23. The Morgan fingerprint density at radius 1 is 1.08 bits per heavy atom. The molecule has 0 saturated carbocycles. The summed E-state index contributed by atoms with van der Waals surface area (Å²) in [5, 5.41) is 2.84. The molecule has 1 aliphatic heterocycles. The number of piperazine rings is 1. The van der Waals surface area contributed by atoms with Crippen molar-refractivity contribution >= 4 is 11.8 Å². The predicted molar refractivity (Wildman–Crippen MR) is 100 cm³/mol. The fourth-order valence-electron chi connectivity index (χ4n) is 2.89. The van der Waals surface area contributed by atoms with E-state index in [0.717, 1.165) is 32.7 Å². The van der Waals surface area contributed by atoms with Crippen molar-refractivity contribution < 1.29 is 9.59 Å². The molecule has 1 N–H and O–H groups in total. The van der Waals surface area contributed by atoms with Crippen molar-refractivity contribution in [1.29, 1.82) is 0 Å². The van der Waals surface area contributed by atoms with E-state index in [4.69, 9.17) is 0 Å². The fraction of sp³-hybridized carbons (Fsp3) is 0.600. The van der Waals surface area contributed by atoms with Crippen LogP contribution in [-0.4, -0.2) is 54.3 Å². The van der Waals surface area contributed by atoms with E-state index in [1.807, 2.05) is 25.7 Å². The van der Waals surface area contributed by atoms with Crippen molar-refractivity contribution in [3.05, 3.63) is 35.4 Å². The Labute approximate surface area is 151 Å². The van der Waals surface area contributed by atoms with E-state index < -0.39 is 5.41 Å². The number of carbonyl (C=O) groups is 2. The Hall–Kier alpha value is -1.88. The van der Waals surface area contributed by atoms with Gasteiger partial charge in [0.2, 0.25) is 11.8 Å². The Bertz CT molecular complexity index is 599. The highest BCUT2D eigenvalue weighted by molar-refractivity contribution is 5.82. The minimum Gasteiger partial charge on any atom is -0.355 e. The van der Waals surface area contributed by atoms with Gasteiger partial charge in [-0.25, -0.2) is 0 Å². The van der Waals surface area contributed by atoms with E-state index in [-0.39, 0.29) is 11.8 Å². The Kier molecular flexibility index (Phi) is 6.59. The first-order chi connectivity index (χ1) is 11.8. The molecule has 1 saturated heterocycles. The Morgan fingerprint density at radius 3 is 2.32 bits per heavy atom. The van der Waals surface area contributed by atoms with Crippen LogP contribution in [0.15, 0.2) is 24.3 Å². The number of rotatable bonds is 5. The van der Waals surface area contributed by atoms with Crippen LogP contribution in [0.2, 0.25) is 0 Å². The van der Waals surface area contributed by atoms with Crippen molar-refractivity contribution in [3.63, 3.8) is 0 Å². The van der Waals surface area contributed by atoms with Gasteiger partial charge in [0.25, 0.3) is 0 Å². The molecular weight excluding hydrogens is 314 g/mol. The lowest BCUT2D eigenvalue weighted by Gasteiger charge is -2.35. The molecule has 0 aromatic heterocycles. The molecule has 1 fully saturated rings. The van der Waals surface area contributed by atoms with E-state index >= 15 is 0 Å². The molecule has 0 radical (unpaired) electrons. The topological polar surface area (TPSA) is 52.6 Å².